The molecular formula is C24H17F3N4O3. The number of hydrogen-bond donors (Lipinski definition) is 2. The molecule has 0 fully saturated rings. The number of halogens is 3. The minimum Gasteiger partial charge on any atom is -0.466 e. The summed E-state index contributed by atoms with van der Waals surface area (Å²) in [5, 5.41) is 14.3. The molecule has 0 bridgehead atoms. The summed E-state index contributed by atoms with van der Waals surface area (Å²) in [4.78, 5) is 24.8. The van der Waals surface area contributed by atoms with Crippen LogP contribution in [0.2, 0.25) is 0 Å². The van der Waals surface area contributed by atoms with E-state index < -0.39 is 23.6 Å². The molecule has 0 aliphatic heterocycles. The first-order chi connectivity index (χ1) is 16.3. The molecule has 1 heterocycles. The number of amides is 2. The van der Waals surface area contributed by atoms with Crippen molar-refractivity contribution in [2.45, 2.75) is 6.18 Å². The van der Waals surface area contributed by atoms with Gasteiger partial charge in [-0.05, 0) is 42.5 Å². The summed E-state index contributed by atoms with van der Waals surface area (Å²) in [5.74, 6) is -0.912. The lowest BCUT2D eigenvalue weighted by molar-refractivity contribution is -0.137. The van der Waals surface area contributed by atoms with Gasteiger partial charge >= 0.3 is 6.18 Å². The van der Waals surface area contributed by atoms with Gasteiger partial charge in [-0.2, -0.15) is 18.3 Å². The number of benzene rings is 3. The van der Waals surface area contributed by atoms with Crippen molar-refractivity contribution in [2.75, 3.05) is 17.2 Å². The predicted molar refractivity (Wildman–Crippen MR) is 120 cm³/mol. The highest BCUT2D eigenvalue weighted by molar-refractivity contribution is 6.05. The monoisotopic (exact) mass is 466 g/mol. The molecule has 0 saturated carbocycles. The van der Waals surface area contributed by atoms with Crippen LogP contribution in [-0.2, 0) is 11.0 Å². The van der Waals surface area contributed by atoms with Crippen molar-refractivity contribution in [2.24, 2.45) is 0 Å². The number of rotatable bonds is 6. The van der Waals surface area contributed by atoms with Crippen LogP contribution in [0.4, 0.5) is 24.5 Å². The van der Waals surface area contributed by atoms with Gasteiger partial charge in [0.05, 0.1) is 11.8 Å². The number of carbonyl (C=O) groups is 2. The number of fused-ring (bicyclic) bond motifs is 1. The first-order valence-electron chi connectivity index (χ1n) is 10.0. The Morgan fingerprint density at radius 1 is 0.882 bits per heavy atom. The van der Waals surface area contributed by atoms with E-state index in [1.165, 1.54) is 30.3 Å². The van der Waals surface area contributed by atoms with E-state index in [-0.39, 0.29) is 23.7 Å². The van der Waals surface area contributed by atoms with E-state index in [1.807, 2.05) is 18.2 Å². The summed E-state index contributed by atoms with van der Waals surface area (Å²) >= 11 is 0. The molecule has 34 heavy (non-hydrogen) atoms. The van der Waals surface area contributed by atoms with Crippen molar-refractivity contribution in [3.8, 4) is 5.88 Å². The Morgan fingerprint density at radius 3 is 2.41 bits per heavy atom. The zero-order valence-corrected chi connectivity index (χ0v) is 17.5. The molecule has 4 rings (SSSR count). The van der Waals surface area contributed by atoms with Crippen LogP contribution in [0, 0.1) is 0 Å². The largest absolute Gasteiger partial charge is 0.466 e. The van der Waals surface area contributed by atoms with E-state index in [0.29, 0.717) is 11.1 Å². The Morgan fingerprint density at radius 2 is 1.62 bits per heavy atom. The highest BCUT2D eigenvalue weighted by Crippen LogP contribution is 2.30. The molecule has 0 aliphatic carbocycles. The number of ether oxygens (including phenoxy) is 1. The van der Waals surface area contributed by atoms with E-state index in [0.717, 1.165) is 17.5 Å². The fraction of sp³-hybridized carbons (Fsp3) is 0.0833. The van der Waals surface area contributed by atoms with Crippen molar-refractivity contribution >= 4 is 34.0 Å². The fourth-order valence-electron chi connectivity index (χ4n) is 3.15. The van der Waals surface area contributed by atoms with Gasteiger partial charge in [0.15, 0.2) is 6.61 Å². The molecule has 0 atom stereocenters. The third kappa shape index (κ3) is 5.47. The summed E-state index contributed by atoms with van der Waals surface area (Å²) in [5.41, 5.74) is -0.411. The van der Waals surface area contributed by atoms with E-state index in [1.54, 1.807) is 18.3 Å². The van der Waals surface area contributed by atoms with Crippen LogP contribution < -0.4 is 15.4 Å². The van der Waals surface area contributed by atoms with Crippen molar-refractivity contribution in [3.05, 3.63) is 90.1 Å². The zero-order chi connectivity index (χ0) is 24.1. The Bertz CT molecular complexity index is 1350. The summed E-state index contributed by atoms with van der Waals surface area (Å²) in [6.45, 7) is -0.344. The van der Waals surface area contributed by atoms with Gasteiger partial charge in [-0.1, -0.05) is 30.3 Å². The lowest BCUT2D eigenvalue weighted by Gasteiger charge is -2.11. The molecule has 0 saturated heterocycles. The molecule has 172 valence electrons. The molecule has 2 N–H and O–H groups in total. The molecule has 0 unspecified atom stereocenters. The number of nitrogens with one attached hydrogen (secondary N) is 2. The smallest absolute Gasteiger partial charge is 0.416 e. The van der Waals surface area contributed by atoms with Crippen LogP contribution in [0.15, 0.2) is 79.0 Å². The van der Waals surface area contributed by atoms with E-state index >= 15 is 0 Å². The number of nitrogens with zero attached hydrogens (tertiary/aromatic N) is 2. The predicted octanol–water partition coefficient (Wildman–Crippen LogP) is 4.92. The maximum atomic E-state index is 12.9. The van der Waals surface area contributed by atoms with Gasteiger partial charge in [-0.25, -0.2) is 0 Å². The van der Waals surface area contributed by atoms with Crippen LogP contribution in [0.25, 0.3) is 10.8 Å². The van der Waals surface area contributed by atoms with Crippen molar-refractivity contribution in [1.29, 1.82) is 0 Å². The minimum atomic E-state index is -4.52. The second kappa shape index (κ2) is 9.57. The van der Waals surface area contributed by atoms with Crippen molar-refractivity contribution in [1.82, 2.24) is 10.2 Å². The van der Waals surface area contributed by atoms with Crippen molar-refractivity contribution < 1.29 is 27.5 Å². The zero-order valence-electron chi connectivity index (χ0n) is 17.5. The van der Waals surface area contributed by atoms with Gasteiger partial charge in [0.25, 0.3) is 11.8 Å². The average molecular weight is 466 g/mol. The third-order valence-electron chi connectivity index (χ3n) is 4.73. The number of alkyl halides is 3. The third-order valence-corrected chi connectivity index (χ3v) is 4.73. The maximum Gasteiger partial charge on any atom is 0.416 e. The van der Waals surface area contributed by atoms with Gasteiger partial charge < -0.3 is 15.4 Å². The first kappa shape index (κ1) is 22.7. The van der Waals surface area contributed by atoms with Gasteiger partial charge in [-0.3, -0.25) is 9.59 Å². The SMILES string of the molecule is O=C(COc1nncc2ccccc12)Nc1cccc(C(=O)Nc2cccc(C(F)(F)F)c2)c1. The quantitative estimate of drug-likeness (QED) is 0.421. The van der Waals surface area contributed by atoms with Crippen LogP contribution in [0.1, 0.15) is 15.9 Å². The molecule has 10 heteroatoms. The minimum absolute atomic E-state index is 0.00105. The topological polar surface area (TPSA) is 93.2 Å². The molecule has 0 radical (unpaired) electrons. The van der Waals surface area contributed by atoms with Crippen LogP contribution >= 0.6 is 0 Å². The van der Waals surface area contributed by atoms with Gasteiger partial charge in [-0.15, -0.1) is 5.10 Å². The summed E-state index contributed by atoms with van der Waals surface area (Å²) in [6, 6.07) is 17.6. The van der Waals surface area contributed by atoms with Gasteiger partial charge in [0, 0.05) is 27.7 Å². The average Bonchev–Trinajstić information content (AvgIpc) is 2.82. The van der Waals surface area contributed by atoms with Crippen LogP contribution in [-0.4, -0.2) is 28.6 Å². The molecule has 0 spiro atoms. The Hall–Kier alpha value is -4.47. The normalized spacial score (nSPS) is 11.1. The second-order valence-corrected chi connectivity index (χ2v) is 7.19. The highest BCUT2D eigenvalue weighted by Gasteiger charge is 2.30. The van der Waals surface area contributed by atoms with Crippen molar-refractivity contribution in [3.63, 3.8) is 0 Å². The summed E-state index contributed by atoms with van der Waals surface area (Å²) in [6.07, 6.45) is -2.94. The Kier molecular flexibility index (Phi) is 6.39. The van der Waals surface area contributed by atoms with E-state index in [4.69, 9.17) is 4.74 Å². The molecular weight excluding hydrogens is 449 g/mol. The standard InChI is InChI=1S/C24H17F3N4O3/c25-24(26,27)17-7-4-9-19(12-17)30-22(33)15-6-3-8-18(11-15)29-21(32)14-34-23-20-10-2-1-5-16(20)13-28-31-23/h1-13H,14H2,(H,29,32)(H,30,33). The fourth-order valence-corrected chi connectivity index (χ4v) is 3.15. The summed E-state index contributed by atoms with van der Waals surface area (Å²) < 4.78 is 44.1. The van der Waals surface area contributed by atoms with Gasteiger partial charge in [0.2, 0.25) is 5.88 Å². The Balaban J connectivity index is 1.39. The number of hydrogen-bond acceptors (Lipinski definition) is 5. The molecule has 2 amide bonds. The van der Waals surface area contributed by atoms with E-state index in [9.17, 15) is 22.8 Å². The number of aromatic nitrogens is 2. The maximum absolute atomic E-state index is 12.9. The van der Waals surface area contributed by atoms with Crippen LogP contribution in [0.5, 0.6) is 5.88 Å². The molecule has 3 aromatic carbocycles. The Labute approximate surface area is 191 Å². The summed E-state index contributed by atoms with van der Waals surface area (Å²) in [7, 11) is 0. The molecule has 0 aliphatic rings. The number of carbonyl (C=O) groups excluding carboxylic acids is 2. The molecule has 1 aromatic heterocycles. The number of anilines is 2. The first-order valence-corrected chi connectivity index (χ1v) is 10.0. The molecule has 7 nitrogen and oxygen atoms in total. The molecule has 4 aromatic rings. The lowest BCUT2D eigenvalue weighted by atomic mass is 10.1. The highest BCUT2D eigenvalue weighted by atomic mass is 19.4. The van der Waals surface area contributed by atoms with Crippen LogP contribution in [0.3, 0.4) is 0 Å². The second-order valence-electron chi connectivity index (χ2n) is 7.19. The van der Waals surface area contributed by atoms with Gasteiger partial charge in [0.1, 0.15) is 0 Å². The lowest BCUT2D eigenvalue weighted by Crippen LogP contribution is -2.21. The van der Waals surface area contributed by atoms with E-state index in [2.05, 4.69) is 20.8 Å².